The van der Waals surface area contributed by atoms with Gasteiger partial charge in [-0.3, -0.25) is 10.1 Å². The highest BCUT2D eigenvalue weighted by Gasteiger charge is 2.15. The topological polar surface area (TPSA) is 79.8 Å². The van der Waals surface area contributed by atoms with E-state index in [-0.39, 0.29) is 16.4 Å². The fraction of sp³-hybridized carbons (Fsp3) is 0.200. The van der Waals surface area contributed by atoms with Crippen LogP contribution in [0, 0.1) is 11.6 Å². The van der Waals surface area contributed by atoms with Gasteiger partial charge in [0.15, 0.2) is 0 Å². The summed E-state index contributed by atoms with van der Waals surface area (Å²) in [6.45, 7) is 2.08. The summed E-state index contributed by atoms with van der Waals surface area (Å²) in [5.74, 6) is -2.34. The molecule has 2 rings (SSSR count). The van der Waals surface area contributed by atoms with Crippen molar-refractivity contribution in [3.05, 3.63) is 29.3 Å². The first-order valence-corrected chi connectivity index (χ1v) is 6.08. The molecule has 0 aliphatic rings. The van der Waals surface area contributed by atoms with Crippen molar-refractivity contribution in [1.82, 2.24) is 14.8 Å². The van der Waals surface area contributed by atoms with E-state index in [1.54, 1.807) is 6.92 Å². The summed E-state index contributed by atoms with van der Waals surface area (Å²) in [4.78, 5) is 11.7. The molecule has 1 aromatic heterocycles. The van der Waals surface area contributed by atoms with E-state index in [1.807, 2.05) is 0 Å². The molecule has 0 spiro atoms. The fourth-order valence-electron chi connectivity index (χ4n) is 1.40. The quantitative estimate of drug-likeness (QED) is 0.896. The van der Waals surface area contributed by atoms with Crippen molar-refractivity contribution in [2.75, 3.05) is 17.2 Å². The molecule has 1 amide bonds. The Bertz CT molecular complexity index is 567. The number of nitrogens with zero attached hydrogens (tertiary/aromatic N) is 3. The molecule has 19 heavy (non-hydrogen) atoms. The van der Waals surface area contributed by atoms with Crippen LogP contribution in [0.3, 0.4) is 0 Å². The molecule has 0 fully saturated rings. The van der Waals surface area contributed by atoms with Crippen LogP contribution in [-0.2, 0) is 0 Å². The number of nitrogens with one attached hydrogen (secondary N) is 2. The molecule has 0 saturated carbocycles. The first-order valence-electron chi connectivity index (χ1n) is 5.31. The molecule has 1 aromatic carbocycles. The van der Waals surface area contributed by atoms with E-state index >= 15 is 0 Å². The standard InChI is InChI=1S/C10H9F2N5OS/c1-2-13-8-6(11)3-5(4-7(8)12)9(18)14-10-15-16-17-19-10/h3-4,13H,2H2,1H3,(H,14,15,17,18). The van der Waals surface area contributed by atoms with Gasteiger partial charge in [-0.15, -0.1) is 0 Å². The van der Waals surface area contributed by atoms with E-state index in [2.05, 4.69) is 25.4 Å². The van der Waals surface area contributed by atoms with Crippen LogP contribution in [-0.4, -0.2) is 27.3 Å². The van der Waals surface area contributed by atoms with Crippen LogP contribution in [0.2, 0.25) is 0 Å². The number of amides is 1. The Morgan fingerprint density at radius 2 is 2.05 bits per heavy atom. The molecule has 6 nitrogen and oxygen atoms in total. The van der Waals surface area contributed by atoms with Gasteiger partial charge in [0.1, 0.15) is 17.3 Å². The third kappa shape index (κ3) is 2.99. The molecule has 0 radical (unpaired) electrons. The summed E-state index contributed by atoms with van der Waals surface area (Å²) in [6.07, 6.45) is 0. The Labute approximate surface area is 111 Å². The lowest BCUT2D eigenvalue weighted by molar-refractivity contribution is 0.102. The third-order valence-corrected chi connectivity index (χ3v) is 2.69. The summed E-state index contributed by atoms with van der Waals surface area (Å²) < 4.78 is 30.7. The lowest BCUT2D eigenvalue weighted by Gasteiger charge is -2.08. The van der Waals surface area contributed by atoms with Crippen LogP contribution in [0.25, 0.3) is 0 Å². The second-order valence-electron chi connectivity index (χ2n) is 3.47. The van der Waals surface area contributed by atoms with Crippen LogP contribution in [0.15, 0.2) is 12.1 Å². The third-order valence-electron chi connectivity index (χ3n) is 2.18. The van der Waals surface area contributed by atoms with E-state index < -0.39 is 17.5 Å². The summed E-state index contributed by atoms with van der Waals surface area (Å²) in [6, 6.07) is 1.90. The van der Waals surface area contributed by atoms with Crippen LogP contribution in [0.1, 0.15) is 17.3 Å². The van der Waals surface area contributed by atoms with Gasteiger partial charge in [0.25, 0.3) is 5.91 Å². The van der Waals surface area contributed by atoms with Gasteiger partial charge < -0.3 is 5.32 Å². The van der Waals surface area contributed by atoms with Gasteiger partial charge in [-0.25, -0.2) is 8.78 Å². The molecule has 2 aromatic rings. The maximum Gasteiger partial charge on any atom is 0.257 e. The Morgan fingerprint density at radius 3 is 2.58 bits per heavy atom. The van der Waals surface area contributed by atoms with Crippen molar-refractivity contribution in [3.63, 3.8) is 0 Å². The highest BCUT2D eigenvalue weighted by Crippen LogP contribution is 2.21. The van der Waals surface area contributed by atoms with Crippen LogP contribution in [0.5, 0.6) is 0 Å². The number of anilines is 2. The smallest absolute Gasteiger partial charge is 0.257 e. The predicted molar refractivity (Wildman–Crippen MR) is 66.2 cm³/mol. The number of aromatic nitrogens is 3. The van der Waals surface area contributed by atoms with Gasteiger partial charge in [0, 0.05) is 23.6 Å². The Balaban J connectivity index is 2.23. The minimum absolute atomic E-state index is 0.146. The maximum absolute atomic E-state index is 13.6. The molecule has 100 valence electrons. The average Bonchev–Trinajstić information content (AvgIpc) is 2.86. The summed E-state index contributed by atoms with van der Waals surface area (Å²) in [5.41, 5.74) is -0.400. The van der Waals surface area contributed by atoms with Crippen molar-refractivity contribution in [1.29, 1.82) is 0 Å². The highest BCUT2D eigenvalue weighted by atomic mass is 32.1. The number of rotatable bonds is 4. The molecule has 2 N–H and O–H groups in total. The first-order chi connectivity index (χ1) is 9.11. The summed E-state index contributed by atoms with van der Waals surface area (Å²) in [7, 11) is 0. The van der Waals surface area contributed by atoms with Crippen LogP contribution >= 0.6 is 11.5 Å². The SMILES string of the molecule is CCNc1c(F)cc(C(=O)Nc2nnns2)cc1F. The minimum Gasteiger partial charge on any atom is -0.381 e. The number of hydrogen-bond acceptors (Lipinski definition) is 6. The van der Waals surface area contributed by atoms with Gasteiger partial charge in [0.2, 0.25) is 5.13 Å². The zero-order chi connectivity index (χ0) is 13.8. The lowest BCUT2D eigenvalue weighted by Crippen LogP contribution is -2.13. The summed E-state index contributed by atoms with van der Waals surface area (Å²) >= 11 is 0.862. The first kappa shape index (κ1) is 13.3. The average molecular weight is 285 g/mol. The van der Waals surface area contributed by atoms with Crippen LogP contribution < -0.4 is 10.6 Å². The molecular formula is C10H9F2N5OS. The number of carbonyl (C=O) groups excluding carboxylic acids is 1. The predicted octanol–water partition coefficient (Wildman–Crippen LogP) is 1.90. The molecule has 1 heterocycles. The number of halogens is 2. The van der Waals surface area contributed by atoms with E-state index in [0.29, 0.717) is 6.54 Å². The lowest BCUT2D eigenvalue weighted by atomic mass is 10.1. The van der Waals surface area contributed by atoms with E-state index in [9.17, 15) is 13.6 Å². The van der Waals surface area contributed by atoms with Crippen molar-refractivity contribution in [2.24, 2.45) is 0 Å². The molecule has 0 unspecified atom stereocenters. The van der Waals surface area contributed by atoms with E-state index in [1.165, 1.54) is 0 Å². The second-order valence-corrected chi connectivity index (χ2v) is 4.20. The second kappa shape index (κ2) is 5.65. The van der Waals surface area contributed by atoms with Crippen molar-refractivity contribution in [2.45, 2.75) is 6.92 Å². The summed E-state index contributed by atoms with van der Waals surface area (Å²) in [5, 5.41) is 11.8. The normalized spacial score (nSPS) is 10.3. The molecule has 0 atom stereocenters. The molecule has 0 aliphatic heterocycles. The van der Waals surface area contributed by atoms with Gasteiger partial charge >= 0.3 is 0 Å². The van der Waals surface area contributed by atoms with Crippen LogP contribution in [0.4, 0.5) is 19.6 Å². The minimum atomic E-state index is -0.831. The van der Waals surface area contributed by atoms with Gasteiger partial charge in [0.05, 0.1) is 0 Å². The van der Waals surface area contributed by atoms with Crippen molar-refractivity contribution in [3.8, 4) is 0 Å². The zero-order valence-electron chi connectivity index (χ0n) is 9.78. The maximum atomic E-state index is 13.6. The highest BCUT2D eigenvalue weighted by molar-refractivity contribution is 7.09. The number of hydrogen-bond donors (Lipinski definition) is 2. The molecule has 9 heteroatoms. The largest absolute Gasteiger partial charge is 0.381 e. The molecule has 0 bridgehead atoms. The van der Waals surface area contributed by atoms with Gasteiger partial charge in [-0.1, -0.05) is 9.59 Å². The number of carbonyl (C=O) groups is 1. The molecular weight excluding hydrogens is 276 g/mol. The number of benzene rings is 1. The van der Waals surface area contributed by atoms with Crippen molar-refractivity contribution >= 4 is 28.3 Å². The Morgan fingerprint density at radius 1 is 1.37 bits per heavy atom. The molecule has 0 aliphatic carbocycles. The molecule has 0 saturated heterocycles. The Kier molecular flexibility index (Phi) is 3.95. The van der Waals surface area contributed by atoms with Gasteiger partial charge in [-0.05, 0) is 24.3 Å². The van der Waals surface area contributed by atoms with Gasteiger partial charge in [-0.2, -0.15) is 0 Å². The zero-order valence-corrected chi connectivity index (χ0v) is 10.6. The fourth-order valence-corrected chi connectivity index (χ4v) is 1.76. The Hall–Kier alpha value is -2.16. The van der Waals surface area contributed by atoms with Crippen molar-refractivity contribution < 1.29 is 13.6 Å². The van der Waals surface area contributed by atoms with E-state index in [0.717, 1.165) is 23.7 Å². The van der Waals surface area contributed by atoms with E-state index in [4.69, 9.17) is 0 Å². The monoisotopic (exact) mass is 285 g/mol.